The van der Waals surface area contributed by atoms with Crippen LogP contribution in [0.1, 0.15) is 32.6 Å². The van der Waals surface area contributed by atoms with Gasteiger partial charge in [0.2, 0.25) is 0 Å². The Morgan fingerprint density at radius 1 is 1.48 bits per heavy atom. The van der Waals surface area contributed by atoms with Crippen LogP contribution in [-0.2, 0) is 22.0 Å². The van der Waals surface area contributed by atoms with Crippen molar-refractivity contribution in [2.24, 2.45) is 7.05 Å². The van der Waals surface area contributed by atoms with Gasteiger partial charge < -0.3 is 9.64 Å². The van der Waals surface area contributed by atoms with E-state index >= 15 is 0 Å². The molecule has 142 valence electrons. The van der Waals surface area contributed by atoms with E-state index in [9.17, 15) is 13.2 Å². The lowest BCUT2D eigenvalue weighted by atomic mass is 10.1. The average molecular weight is 373 g/mol. The Labute approximate surface area is 149 Å². The molecule has 1 N–H and O–H groups in total. The minimum atomic E-state index is -4.09. The summed E-state index contributed by atoms with van der Waals surface area (Å²) in [4.78, 5) is 13.9. The van der Waals surface area contributed by atoms with Gasteiger partial charge in [0.1, 0.15) is 0 Å². The number of amides is 1. The monoisotopic (exact) mass is 373 g/mol. The molecular weight excluding hydrogens is 346 g/mol. The zero-order valence-corrected chi connectivity index (χ0v) is 15.8. The van der Waals surface area contributed by atoms with Crippen LogP contribution < -0.4 is 9.03 Å². The van der Waals surface area contributed by atoms with Gasteiger partial charge in [-0.25, -0.2) is 13.8 Å². The Morgan fingerprint density at radius 3 is 2.84 bits per heavy atom. The molecule has 0 aliphatic carbocycles. The molecule has 0 radical (unpaired) electrons. The predicted molar refractivity (Wildman–Crippen MR) is 94.5 cm³/mol. The smallest absolute Gasteiger partial charge is 0.422 e. The molecule has 1 unspecified atom stereocenters. The Kier molecular flexibility index (Phi) is 6.65. The highest BCUT2D eigenvalue weighted by Gasteiger charge is 2.35. The van der Waals surface area contributed by atoms with Crippen molar-refractivity contribution in [1.82, 2.24) is 19.4 Å². The summed E-state index contributed by atoms with van der Waals surface area (Å²) in [5.74, 6) is 0. The van der Waals surface area contributed by atoms with E-state index in [0.29, 0.717) is 25.1 Å². The minimum absolute atomic E-state index is 0.191. The Morgan fingerprint density at radius 2 is 2.24 bits per heavy atom. The minimum Gasteiger partial charge on any atom is -0.449 e. The lowest BCUT2D eigenvalue weighted by molar-refractivity contribution is 0.150. The number of nitrogens with one attached hydrogen (secondary N) is 1. The first-order chi connectivity index (χ1) is 11.8. The Balaban J connectivity index is 2.20. The SMILES string of the molecule is CCCCOC(=O)NS(=O)(=O)N(c1cnn(C)c1)C1CCCN(C)C1. The fraction of sp³-hybridized carbons (Fsp3) is 0.733. The van der Waals surface area contributed by atoms with Gasteiger partial charge in [0.25, 0.3) is 0 Å². The summed E-state index contributed by atoms with van der Waals surface area (Å²) in [6, 6.07) is -0.274. The van der Waals surface area contributed by atoms with Crippen molar-refractivity contribution in [3.63, 3.8) is 0 Å². The number of ether oxygens (including phenoxy) is 1. The van der Waals surface area contributed by atoms with Crippen molar-refractivity contribution in [3.05, 3.63) is 12.4 Å². The number of piperidine rings is 1. The molecule has 1 aliphatic rings. The number of hydrogen-bond donors (Lipinski definition) is 1. The molecule has 1 amide bonds. The first-order valence-corrected chi connectivity index (χ1v) is 9.93. The summed E-state index contributed by atoms with van der Waals surface area (Å²) in [6.07, 6.45) is 5.29. The maximum absolute atomic E-state index is 12.8. The molecule has 1 aromatic rings. The van der Waals surface area contributed by atoms with Crippen LogP contribution in [0.25, 0.3) is 0 Å². The number of aromatic nitrogens is 2. The second-order valence-corrected chi connectivity index (χ2v) is 7.87. The Bertz CT molecular complexity index is 675. The fourth-order valence-electron chi connectivity index (χ4n) is 2.89. The van der Waals surface area contributed by atoms with Gasteiger partial charge in [0.05, 0.1) is 24.5 Å². The zero-order chi connectivity index (χ0) is 18.4. The lowest BCUT2D eigenvalue weighted by Crippen LogP contribution is -2.53. The molecule has 1 aliphatic heterocycles. The van der Waals surface area contributed by atoms with Gasteiger partial charge in [0, 0.05) is 19.8 Å². The van der Waals surface area contributed by atoms with Crippen molar-refractivity contribution in [2.45, 2.75) is 38.6 Å². The zero-order valence-electron chi connectivity index (χ0n) is 15.0. The van der Waals surface area contributed by atoms with E-state index in [-0.39, 0.29) is 12.6 Å². The number of nitrogens with zero attached hydrogens (tertiary/aromatic N) is 4. The maximum Gasteiger partial charge on any atom is 0.422 e. The molecule has 0 aromatic carbocycles. The molecule has 0 saturated carbocycles. The van der Waals surface area contributed by atoms with Crippen molar-refractivity contribution in [3.8, 4) is 0 Å². The molecule has 0 bridgehead atoms. The normalized spacial score (nSPS) is 18.8. The van der Waals surface area contributed by atoms with E-state index in [1.54, 1.807) is 13.2 Å². The van der Waals surface area contributed by atoms with E-state index in [2.05, 4.69) is 10.00 Å². The number of rotatable bonds is 7. The highest BCUT2D eigenvalue weighted by molar-refractivity contribution is 7.91. The summed E-state index contributed by atoms with van der Waals surface area (Å²) in [5, 5.41) is 4.06. The van der Waals surface area contributed by atoms with E-state index in [1.165, 1.54) is 15.2 Å². The number of hydrogen-bond acceptors (Lipinski definition) is 6. The summed E-state index contributed by atoms with van der Waals surface area (Å²) >= 11 is 0. The van der Waals surface area contributed by atoms with Gasteiger partial charge in [-0.2, -0.15) is 13.5 Å². The highest BCUT2D eigenvalue weighted by Crippen LogP contribution is 2.25. The van der Waals surface area contributed by atoms with Crippen molar-refractivity contribution < 1.29 is 17.9 Å². The van der Waals surface area contributed by atoms with Crippen LogP contribution in [0.2, 0.25) is 0 Å². The van der Waals surface area contributed by atoms with Gasteiger partial charge in [0.15, 0.2) is 0 Å². The molecule has 1 fully saturated rings. The molecule has 1 atom stereocenters. The molecule has 0 spiro atoms. The van der Waals surface area contributed by atoms with Crippen LogP contribution >= 0.6 is 0 Å². The van der Waals surface area contributed by atoms with E-state index in [0.717, 1.165) is 19.4 Å². The highest BCUT2D eigenvalue weighted by atomic mass is 32.2. The second-order valence-electron chi connectivity index (χ2n) is 6.32. The number of carbonyl (C=O) groups excluding carboxylic acids is 1. The van der Waals surface area contributed by atoms with Crippen LogP contribution in [0.4, 0.5) is 10.5 Å². The van der Waals surface area contributed by atoms with Gasteiger partial charge in [-0.3, -0.25) is 4.68 Å². The van der Waals surface area contributed by atoms with E-state index in [1.807, 2.05) is 18.7 Å². The van der Waals surface area contributed by atoms with Crippen molar-refractivity contribution >= 4 is 22.0 Å². The van der Waals surface area contributed by atoms with Gasteiger partial charge in [-0.05, 0) is 32.9 Å². The molecule has 1 aromatic heterocycles. The van der Waals surface area contributed by atoms with Crippen molar-refractivity contribution in [1.29, 1.82) is 0 Å². The van der Waals surface area contributed by atoms with E-state index in [4.69, 9.17) is 4.74 Å². The number of aryl methyl sites for hydroxylation is 1. The van der Waals surface area contributed by atoms with Gasteiger partial charge in [-0.15, -0.1) is 0 Å². The summed E-state index contributed by atoms with van der Waals surface area (Å²) in [5.41, 5.74) is 0.427. The average Bonchev–Trinajstić information content (AvgIpc) is 2.92. The molecular formula is C15H27N5O4S. The second kappa shape index (κ2) is 8.52. The number of likely N-dealkylation sites (tertiary alicyclic amines) is 1. The molecule has 2 rings (SSSR count). The number of anilines is 1. The molecule has 25 heavy (non-hydrogen) atoms. The van der Waals surface area contributed by atoms with Crippen LogP contribution in [0.5, 0.6) is 0 Å². The first-order valence-electron chi connectivity index (χ1n) is 8.49. The lowest BCUT2D eigenvalue weighted by Gasteiger charge is -2.37. The van der Waals surface area contributed by atoms with Crippen LogP contribution in [0.15, 0.2) is 12.4 Å². The van der Waals surface area contributed by atoms with E-state index < -0.39 is 16.3 Å². The third-order valence-electron chi connectivity index (χ3n) is 4.08. The largest absolute Gasteiger partial charge is 0.449 e. The third kappa shape index (κ3) is 5.33. The Hall–Kier alpha value is -1.81. The molecule has 1 saturated heterocycles. The van der Waals surface area contributed by atoms with Crippen molar-refractivity contribution in [2.75, 3.05) is 31.0 Å². The first kappa shape index (κ1) is 19.5. The topological polar surface area (TPSA) is 96.8 Å². The van der Waals surface area contributed by atoms with Gasteiger partial charge in [-0.1, -0.05) is 13.3 Å². The quantitative estimate of drug-likeness (QED) is 0.719. The van der Waals surface area contributed by atoms with Gasteiger partial charge >= 0.3 is 16.3 Å². The third-order valence-corrected chi connectivity index (χ3v) is 5.53. The fourth-order valence-corrected chi connectivity index (χ4v) is 4.20. The molecule has 9 nitrogen and oxygen atoms in total. The summed E-state index contributed by atoms with van der Waals surface area (Å²) in [7, 11) is -0.426. The van der Waals surface area contributed by atoms with Crippen LogP contribution in [-0.4, -0.2) is 62.0 Å². The molecule has 10 heteroatoms. The predicted octanol–water partition coefficient (Wildman–Crippen LogP) is 1.09. The number of likely N-dealkylation sites (N-methyl/N-ethyl adjacent to an activating group) is 1. The summed E-state index contributed by atoms with van der Waals surface area (Å²) in [6.45, 7) is 3.66. The van der Waals surface area contributed by atoms with Crippen LogP contribution in [0, 0.1) is 0 Å². The maximum atomic E-state index is 12.8. The number of unbranched alkanes of at least 4 members (excludes halogenated alkanes) is 1. The summed E-state index contributed by atoms with van der Waals surface area (Å²) < 4.78 is 35.4. The molecule has 2 heterocycles. The van der Waals surface area contributed by atoms with Crippen LogP contribution in [0.3, 0.4) is 0 Å². The standard InChI is InChI=1S/C15H27N5O4S/c1-4-5-9-24-15(21)17-25(22,23)20(14-10-16-19(3)12-14)13-7-6-8-18(2)11-13/h10,12-13H,4-9,11H2,1-3H3,(H,17,21). The number of carbonyl (C=O) groups is 1.